The van der Waals surface area contributed by atoms with Gasteiger partial charge in [0.15, 0.2) is 11.6 Å². The molecule has 4 amide bonds. The molecule has 636 valence electrons. The summed E-state index contributed by atoms with van der Waals surface area (Å²) >= 11 is 0. The maximum Gasteiger partial charge on any atom is 0.273 e. The summed E-state index contributed by atoms with van der Waals surface area (Å²) < 4.78 is 86.1. The number of hydrogen-bond donors (Lipinski definition) is 0. The van der Waals surface area contributed by atoms with Crippen molar-refractivity contribution in [3.05, 3.63) is 251 Å². The Labute approximate surface area is 711 Å². The van der Waals surface area contributed by atoms with Gasteiger partial charge in [-0.05, 0) is 209 Å². The number of nitrogens with zero attached hydrogens (tertiary/aromatic N) is 18. The highest BCUT2D eigenvalue weighted by atomic mass is 19.1. The van der Waals surface area contributed by atoms with Crippen LogP contribution in [-0.4, -0.2) is 188 Å². The molecule has 20 rings (SSSR count). The number of pyridine rings is 9. The van der Waals surface area contributed by atoms with Gasteiger partial charge in [0, 0.05) is 143 Å². The topological polar surface area (TPSA) is 325 Å². The molecule has 8 aliphatic rings. The van der Waals surface area contributed by atoms with E-state index in [0.29, 0.717) is 113 Å². The molecule has 32 heteroatoms. The van der Waals surface area contributed by atoms with Gasteiger partial charge in [-0.3, -0.25) is 24.2 Å². The average Bonchev–Trinajstić information content (AvgIpc) is 1.61. The van der Waals surface area contributed by atoms with Crippen molar-refractivity contribution in [3.8, 4) is 69.1 Å². The normalized spacial score (nSPS) is 22.1. The molecule has 8 aliphatic heterocycles. The molecular formula is C92H90F4N18O10. The number of carbonyl (C=O) groups is 4. The van der Waals surface area contributed by atoms with Gasteiger partial charge in [0.25, 0.3) is 29.5 Å². The summed E-state index contributed by atoms with van der Waals surface area (Å²) in [7, 11) is 0. The Morgan fingerprint density at radius 3 is 1.05 bits per heavy atom. The van der Waals surface area contributed by atoms with Crippen molar-refractivity contribution >= 4 is 23.6 Å². The first-order chi connectivity index (χ1) is 60.2. The van der Waals surface area contributed by atoms with Crippen LogP contribution in [0.25, 0.3) is 45.6 Å². The number of halogens is 4. The number of rotatable bonds is 20. The van der Waals surface area contributed by atoms with Gasteiger partial charge in [-0.1, -0.05) is 11.2 Å². The molecule has 12 aromatic rings. The molecule has 124 heavy (non-hydrogen) atoms. The van der Waals surface area contributed by atoms with Crippen molar-refractivity contribution in [1.29, 1.82) is 0 Å². The second-order valence-electron chi connectivity index (χ2n) is 32.7. The first-order valence-electron chi connectivity index (χ1n) is 41.8. The van der Waals surface area contributed by atoms with Crippen LogP contribution in [0.3, 0.4) is 0 Å². The summed E-state index contributed by atoms with van der Waals surface area (Å²) in [6, 6.07) is 33.0. The zero-order valence-electron chi connectivity index (χ0n) is 69.1. The summed E-state index contributed by atoms with van der Waals surface area (Å²) in [5, 5.41) is 3.84. The summed E-state index contributed by atoms with van der Waals surface area (Å²) in [4.78, 5) is 118. The van der Waals surface area contributed by atoms with Gasteiger partial charge >= 0.3 is 0 Å². The lowest BCUT2D eigenvalue weighted by atomic mass is 9.90. The number of ether oxygens (including phenoxy) is 4. The van der Waals surface area contributed by atoms with E-state index in [1.165, 1.54) is 54.8 Å². The van der Waals surface area contributed by atoms with Gasteiger partial charge in [-0.25, -0.2) is 72.4 Å². The van der Waals surface area contributed by atoms with E-state index in [-0.39, 0.29) is 95.6 Å². The molecule has 8 bridgehead atoms. The molecule has 0 saturated carbocycles. The van der Waals surface area contributed by atoms with E-state index in [9.17, 15) is 36.7 Å². The quantitative estimate of drug-likeness (QED) is 0.0640. The Morgan fingerprint density at radius 2 is 0.710 bits per heavy atom. The first kappa shape index (κ1) is 82.9. The van der Waals surface area contributed by atoms with Crippen LogP contribution in [-0.2, 0) is 0 Å². The Kier molecular flexibility index (Phi) is 24.3. The molecule has 20 heterocycles. The minimum absolute atomic E-state index is 0.0383. The number of carbonyl (C=O) groups excluding carboxylic acids is 4. The highest BCUT2D eigenvalue weighted by Gasteiger charge is 2.54. The van der Waals surface area contributed by atoms with E-state index < -0.39 is 23.3 Å². The third kappa shape index (κ3) is 17.8. The lowest BCUT2D eigenvalue weighted by Gasteiger charge is -2.25. The van der Waals surface area contributed by atoms with Crippen LogP contribution < -0.4 is 18.9 Å². The van der Waals surface area contributed by atoms with E-state index in [0.717, 1.165) is 141 Å². The van der Waals surface area contributed by atoms with Gasteiger partial charge < -0.3 is 47.5 Å². The Hall–Kier alpha value is -13.4. The summed E-state index contributed by atoms with van der Waals surface area (Å²) in [5.41, 5.74) is 9.02. The van der Waals surface area contributed by atoms with Crippen molar-refractivity contribution in [1.82, 2.24) is 89.5 Å². The summed E-state index contributed by atoms with van der Waals surface area (Å²) in [6.07, 6.45) is 23.8. The first-order valence-corrected chi connectivity index (χ1v) is 41.8. The number of fused-ring (bicyclic) bond motifs is 8. The number of aryl methyl sites for hydroxylation is 6. The van der Waals surface area contributed by atoms with Crippen LogP contribution in [0.15, 0.2) is 180 Å². The zero-order valence-corrected chi connectivity index (χ0v) is 69.1. The minimum Gasteiger partial charge on any atom is -0.477 e. The van der Waals surface area contributed by atoms with Crippen molar-refractivity contribution in [2.24, 2.45) is 23.7 Å². The van der Waals surface area contributed by atoms with Crippen molar-refractivity contribution in [3.63, 3.8) is 0 Å². The van der Waals surface area contributed by atoms with Crippen LogP contribution >= 0.6 is 0 Å². The molecule has 0 aromatic carbocycles. The Bertz CT molecular complexity index is 5830. The predicted molar refractivity (Wildman–Crippen MR) is 442 cm³/mol. The van der Waals surface area contributed by atoms with E-state index in [1.54, 1.807) is 43.8 Å². The molecule has 12 aromatic heterocycles. The lowest BCUT2D eigenvalue weighted by molar-refractivity contribution is 0.0696. The monoisotopic (exact) mass is 1680 g/mol. The Balaban J connectivity index is 0.000000117. The van der Waals surface area contributed by atoms with Crippen molar-refractivity contribution in [2.45, 2.75) is 167 Å². The number of amides is 4. The molecule has 0 aliphatic carbocycles. The molecule has 0 radical (unpaired) electrons. The molecule has 12 atom stereocenters. The lowest BCUT2D eigenvalue weighted by Crippen LogP contribution is -2.38. The number of oxazole rings is 1. The average molecular weight is 1680 g/mol. The van der Waals surface area contributed by atoms with E-state index in [4.69, 9.17) is 27.9 Å². The molecule has 12 unspecified atom stereocenters. The fraction of sp³-hybridized carbons (Fsp3) is 0.370. The van der Waals surface area contributed by atoms with Gasteiger partial charge in [0.1, 0.15) is 52.3 Å². The minimum atomic E-state index is -0.401. The molecule has 0 N–H and O–H groups in total. The molecule has 8 saturated heterocycles. The molecule has 28 nitrogen and oxygen atoms in total. The summed E-state index contributed by atoms with van der Waals surface area (Å²) in [6.45, 7) is 13.0. The van der Waals surface area contributed by atoms with Crippen LogP contribution in [0.5, 0.6) is 23.5 Å². The van der Waals surface area contributed by atoms with Crippen LogP contribution in [0.4, 0.5) is 17.6 Å². The van der Waals surface area contributed by atoms with Crippen LogP contribution in [0.2, 0.25) is 0 Å². The predicted octanol–water partition coefficient (Wildman–Crippen LogP) is 14.8. The van der Waals surface area contributed by atoms with E-state index in [2.05, 4.69) is 69.9 Å². The fourth-order valence-corrected chi connectivity index (χ4v) is 19.0. The molecule has 0 spiro atoms. The third-order valence-corrected chi connectivity index (χ3v) is 24.6. The van der Waals surface area contributed by atoms with Gasteiger partial charge in [-0.15, -0.1) is 0 Å². The maximum absolute atomic E-state index is 13.8. The van der Waals surface area contributed by atoms with Gasteiger partial charge in [0.05, 0.1) is 79.8 Å². The highest BCUT2D eigenvalue weighted by molar-refractivity contribution is 6.01. The maximum atomic E-state index is 13.8. The third-order valence-electron chi connectivity index (χ3n) is 24.6. The second kappa shape index (κ2) is 36.3. The molecular weight excluding hydrogens is 1590 g/mol. The number of aromatic nitrogens is 14. The second-order valence-corrected chi connectivity index (χ2v) is 32.7. The van der Waals surface area contributed by atoms with Crippen LogP contribution in [0, 0.1) is 88.5 Å². The smallest absolute Gasteiger partial charge is 0.273 e. The van der Waals surface area contributed by atoms with Gasteiger partial charge in [0.2, 0.25) is 29.4 Å². The van der Waals surface area contributed by atoms with E-state index in [1.807, 2.05) is 109 Å². The number of hydrogen-bond acceptors (Lipinski definition) is 24. The van der Waals surface area contributed by atoms with Crippen LogP contribution in [0.1, 0.15) is 153 Å². The largest absolute Gasteiger partial charge is 0.477 e. The van der Waals surface area contributed by atoms with Gasteiger partial charge in [-0.2, -0.15) is 4.98 Å². The highest BCUT2D eigenvalue weighted by Crippen LogP contribution is 2.48. The fourth-order valence-electron chi connectivity index (χ4n) is 19.0. The van der Waals surface area contributed by atoms with Crippen molar-refractivity contribution < 1.29 is 64.6 Å². The summed E-state index contributed by atoms with van der Waals surface area (Å²) in [5.74, 6) is 2.14. The Morgan fingerprint density at radius 1 is 0.363 bits per heavy atom. The van der Waals surface area contributed by atoms with E-state index >= 15 is 0 Å². The zero-order chi connectivity index (χ0) is 85.8. The molecule has 8 fully saturated rings. The standard InChI is InChI=1S/C25H25FN4O2.C23H22FN5O2.C22H22FN5O3.C22H21FN4O3/c1-15-4-3-11-27-23(15)20-8-5-16(2)29-24(20)25(31)30-19-7-9-21(30)17(12-19)14-32-22-10-6-18(26)13-28-22;1-14-3-6-18(22-25-9-2-10-26-22)21(28-14)23(30)29-17-5-7-19(29)15(11-17)13-31-20-8-4-16(24)12-27-20;1-12-3-6-17(21-26-13(2)27-31-21)20(25-12)22(29)28-16-5-7-18(28)14(9-16)11-30-19-8-4-15(23)10-24-19;1-13-2-5-17(21-24-8-9-29-21)20(26-13)22(28)27-16-4-6-18(27)14(10-16)12-30-19-7-3-15(23)11-25-19/h3-6,8,10-11,13,17,19,21H,7,9,12,14H2,1-2H3;2-4,6,8-10,12,15,17,19H,5,7,11,13H2,1H3;3-4,6,8,10,14,16,18H,5,7,9,11H2,1-2H3;2-3,5,7-9,11,14,16,18H,4,6,10,12H2,1H3. The van der Waals surface area contributed by atoms with Crippen molar-refractivity contribution in [2.75, 3.05) is 26.4 Å². The SMILES string of the molecule is Cc1ccc(-c2nc(C)no2)c(C(=O)N2C3CCC2C(COc2ccc(F)cn2)C3)n1.Cc1ccc(-c2ncccc2C)c(C(=O)N2C3CCC2C(COc2ccc(F)cn2)C3)n1.Cc1ccc(-c2ncccn2)c(C(=O)N2C3CCC2C(COc2ccc(F)cn2)C3)n1.Cc1ccc(-c2ncco2)c(C(=O)N2C3CCC2C(COc2ccc(F)cn2)C3)n1.